The highest BCUT2D eigenvalue weighted by molar-refractivity contribution is 5.99. The molecule has 0 saturated carbocycles. The Kier molecular flexibility index (Phi) is 6.69. The molecular weight excluding hydrogens is 474 g/mol. The van der Waals surface area contributed by atoms with Gasteiger partial charge in [0.1, 0.15) is 0 Å². The van der Waals surface area contributed by atoms with Crippen molar-refractivity contribution in [3.8, 4) is 22.4 Å². The first kappa shape index (κ1) is 24.2. The molecule has 3 aromatic heterocycles. The van der Waals surface area contributed by atoms with Crippen LogP contribution in [-0.2, 0) is 11.8 Å². The number of anilines is 1. The van der Waals surface area contributed by atoms with Crippen LogP contribution in [-0.4, -0.2) is 69.2 Å². The van der Waals surface area contributed by atoms with Gasteiger partial charge < -0.3 is 24.5 Å². The van der Waals surface area contributed by atoms with Crippen LogP contribution in [0.2, 0.25) is 0 Å². The summed E-state index contributed by atoms with van der Waals surface area (Å²) in [5.41, 5.74) is 4.43. The summed E-state index contributed by atoms with van der Waals surface area (Å²) >= 11 is 0. The lowest BCUT2D eigenvalue weighted by Gasteiger charge is -2.26. The number of H-pyrrole nitrogens is 1. The van der Waals surface area contributed by atoms with Crippen LogP contribution >= 0.6 is 0 Å². The number of carbonyl (C=O) groups is 2. The number of ether oxygens (including phenoxy) is 1. The minimum absolute atomic E-state index is 0.0884. The quantitative estimate of drug-likeness (QED) is 0.385. The van der Waals surface area contributed by atoms with E-state index in [-0.39, 0.29) is 23.4 Å². The number of pyridine rings is 2. The zero-order valence-corrected chi connectivity index (χ0v) is 20.6. The molecule has 3 amide bonds. The third kappa shape index (κ3) is 5.07. The highest BCUT2D eigenvalue weighted by Crippen LogP contribution is 2.33. The van der Waals surface area contributed by atoms with Crippen molar-refractivity contribution < 1.29 is 14.3 Å². The molecule has 5 rings (SSSR count). The van der Waals surface area contributed by atoms with E-state index in [0.717, 1.165) is 11.1 Å². The van der Waals surface area contributed by atoms with Crippen LogP contribution in [0.4, 0.5) is 10.7 Å². The number of aromatic nitrogens is 4. The summed E-state index contributed by atoms with van der Waals surface area (Å²) in [4.78, 5) is 51.3. The number of hydrogen-bond donors (Lipinski definition) is 3. The molecule has 0 unspecified atom stereocenters. The molecule has 11 heteroatoms. The number of fused-ring (bicyclic) bond motifs is 1. The molecule has 0 radical (unpaired) electrons. The Balaban J connectivity index is 1.56. The maximum atomic E-state index is 12.9. The summed E-state index contributed by atoms with van der Waals surface area (Å²) in [7, 11) is 1.69. The van der Waals surface area contributed by atoms with E-state index in [4.69, 9.17) is 4.74 Å². The lowest BCUT2D eigenvalue weighted by Crippen LogP contribution is -2.40. The molecule has 37 heavy (non-hydrogen) atoms. The topological polar surface area (TPSA) is 134 Å². The number of benzene rings is 1. The molecule has 0 aliphatic carbocycles. The number of aromatic amines is 1. The minimum atomic E-state index is -0.376. The lowest BCUT2D eigenvalue weighted by atomic mass is 10.00. The standard InChI is InChI=1S/C26H27N7O4/c1-3-27-26(36)31-25-29-21-13-18(16-6-7-32(2)22(34)14-16)12-19(23(21)30-25)20-5-4-17(15-28-20)24(35)33-8-10-37-11-9-33/h4-7,12-15H,3,8-11H2,1-2H3,(H3,27,29,30,31,36). The van der Waals surface area contributed by atoms with E-state index in [1.165, 1.54) is 4.57 Å². The van der Waals surface area contributed by atoms with Crippen molar-refractivity contribution in [1.29, 1.82) is 0 Å². The molecule has 190 valence electrons. The molecule has 3 N–H and O–H groups in total. The van der Waals surface area contributed by atoms with Crippen LogP contribution < -0.4 is 16.2 Å². The fourth-order valence-corrected chi connectivity index (χ4v) is 4.21. The van der Waals surface area contributed by atoms with E-state index in [9.17, 15) is 14.4 Å². The first-order chi connectivity index (χ1) is 17.9. The van der Waals surface area contributed by atoms with Crippen molar-refractivity contribution in [3.63, 3.8) is 0 Å². The fourth-order valence-electron chi connectivity index (χ4n) is 4.21. The maximum Gasteiger partial charge on any atom is 0.321 e. The molecular formula is C26H27N7O4. The Bertz CT molecular complexity index is 1520. The monoisotopic (exact) mass is 501 g/mol. The molecule has 4 heterocycles. The van der Waals surface area contributed by atoms with Gasteiger partial charge in [-0.25, -0.2) is 9.78 Å². The molecule has 1 saturated heterocycles. The van der Waals surface area contributed by atoms with E-state index in [1.54, 1.807) is 42.5 Å². The summed E-state index contributed by atoms with van der Waals surface area (Å²) in [5.74, 6) is 0.192. The predicted molar refractivity (Wildman–Crippen MR) is 139 cm³/mol. The molecule has 1 aliphatic heterocycles. The maximum absolute atomic E-state index is 12.9. The van der Waals surface area contributed by atoms with Gasteiger partial charge >= 0.3 is 6.03 Å². The second-order valence-electron chi connectivity index (χ2n) is 8.69. The fraction of sp³-hybridized carbons (Fsp3) is 0.269. The van der Waals surface area contributed by atoms with Crippen molar-refractivity contribution in [3.05, 3.63) is 64.7 Å². The largest absolute Gasteiger partial charge is 0.378 e. The first-order valence-corrected chi connectivity index (χ1v) is 12.0. The summed E-state index contributed by atoms with van der Waals surface area (Å²) in [6, 6.07) is 10.3. The number of morpholine rings is 1. The SMILES string of the molecule is CCNC(=O)Nc1nc2c(-c3ccc(C(=O)N4CCOCC4)cn3)cc(-c3ccn(C)c(=O)c3)cc2[nH]1. The second kappa shape index (κ2) is 10.2. The number of imidazole rings is 1. The van der Waals surface area contributed by atoms with E-state index in [1.807, 2.05) is 25.1 Å². The summed E-state index contributed by atoms with van der Waals surface area (Å²) in [6.45, 7) is 4.45. The van der Waals surface area contributed by atoms with Crippen molar-refractivity contribution in [2.75, 3.05) is 38.2 Å². The number of rotatable bonds is 5. The van der Waals surface area contributed by atoms with Gasteiger partial charge in [0.2, 0.25) is 5.95 Å². The molecule has 0 spiro atoms. The van der Waals surface area contributed by atoms with Gasteiger partial charge in [-0.15, -0.1) is 0 Å². The molecule has 1 aromatic carbocycles. The van der Waals surface area contributed by atoms with E-state index < -0.39 is 0 Å². The van der Waals surface area contributed by atoms with E-state index >= 15 is 0 Å². The van der Waals surface area contributed by atoms with Crippen LogP contribution in [0.1, 0.15) is 17.3 Å². The Labute approximate surface area is 212 Å². The van der Waals surface area contributed by atoms with Gasteiger partial charge in [0.25, 0.3) is 11.5 Å². The first-order valence-electron chi connectivity index (χ1n) is 12.0. The van der Waals surface area contributed by atoms with Gasteiger partial charge in [-0.1, -0.05) is 0 Å². The van der Waals surface area contributed by atoms with Crippen molar-refractivity contribution in [2.24, 2.45) is 7.05 Å². The third-order valence-electron chi connectivity index (χ3n) is 6.18. The Morgan fingerprint density at radius 2 is 1.92 bits per heavy atom. The highest BCUT2D eigenvalue weighted by atomic mass is 16.5. The van der Waals surface area contributed by atoms with Gasteiger partial charge in [-0.2, -0.15) is 0 Å². The van der Waals surface area contributed by atoms with Crippen LogP contribution in [0.3, 0.4) is 0 Å². The van der Waals surface area contributed by atoms with E-state index in [2.05, 4.69) is 25.6 Å². The van der Waals surface area contributed by atoms with Crippen LogP contribution in [0.15, 0.2) is 53.6 Å². The van der Waals surface area contributed by atoms with Gasteiger partial charge in [-0.05, 0) is 48.4 Å². The van der Waals surface area contributed by atoms with Crippen LogP contribution in [0, 0.1) is 0 Å². The number of carbonyl (C=O) groups excluding carboxylic acids is 2. The number of amides is 3. The Hall–Kier alpha value is -4.51. The third-order valence-corrected chi connectivity index (χ3v) is 6.18. The number of aryl methyl sites for hydroxylation is 1. The van der Waals surface area contributed by atoms with Crippen LogP contribution in [0.25, 0.3) is 33.4 Å². The zero-order valence-electron chi connectivity index (χ0n) is 20.6. The smallest absolute Gasteiger partial charge is 0.321 e. The normalized spacial score (nSPS) is 13.5. The number of nitrogens with one attached hydrogen (secondary N) is 3. The minimum Gasteiger partial charge on any atom is -0.378 e. The van der Waals surface area contributed by atoms with Gasteiger partial charge in [0.15, 0.2) is 0 Å². The van der Waals surface area contributed by atoms with Crippen LogP contribution in [0.5, 0.6) is 0 Å². The summed E-state index contributed by atoms with van der Waals surface area (Å²) in [5, 5.41) is 5.37. The van der Waals surface area contributed by atoms with Crippen molar-refractivity contribution in [2.45, 2.75) is 6.92 Å². The molecule has 0 atom stereocenters. The van der Waals surface area contributed by atoms with Gasteiger partial charge in [-0.3, -0.25) is 19.9 Å². The molecule has 1 fully saturated rings. The number of nitrogens with zero attached hydrogens (tertiary/aromatic N) is 4. The van der Waals surface area contributed by atoms with Crippen molar-refractivity contribution >= 4 is 28.9 Å². The molecule has 11 nitrogen and oxygen atoms in total. The Morgan fingerprint density at radius 1 is 1.11 bits per heavy atom. The predicted octanol–water partition coefficient (Wildman–Crippen LogP) is 2.60. The summed E-state index contributed by atoms with van der Waals surface area (Å²) < 4.78 is 6.83. The average molecular weight is 502 g/mol. The van der Waals surface area contributed by atoms with Crippen molar-refractivity contribution in [1.82, 2.24) is 29.7 Å². The van der Waals surface area contributed by atoms with E-state index in [0.29, 0.717) is 60.7 Å². The van der Waals surface area contributed by atoms with Gasteiger partial charge in [0.05, 0.1) is 35.5 Å². The lowest BCUT2D eigenvalue weighted by molar-refractivity contribution is 0.0302. The average Bonchev–Trinajstić information content (AvgIpc) is 3.32. The summed E-state index contributed by atoms with van der Waals surface area (Å²) in [6.07, 6.45) is 3.27. The Morgan fingerprint density at radius 3 is 2.62 bits per heavy atom. The number of urea groups is 1. The molecule has 1 aliphatic rings. The second-order valence-corrected chi connectivity index (χ2v) is 8.69. The van der Waals surface area contributed by atoms with Gasteiger partial charge in [0, 0.05) is 50.7 Å². The molecule has 4 aromatic rings. The highest BCUT2D eigenvalue weighted by Gasteiger charge is 2.20. The zero-order chi connectivity index (χ0) is 25.9. The molecule has 0 bridgehead atoms. The number of hydrogen-bond acceptors (Lipinski definition) is 6.